The molecule has 1 aliphatic rings. The molecule has 1 aromatic carbocycles. The summed E-state index contributed by atoms with van der Waals surface area (Å²) in [5.74, 6) is 1.04. The van der Waals surface area contributed by atoms with Crippen molar-refractivity contribution in [3.05, 3.63) is 30.0 Å². The summed E-state index contributed by atoms with van der Waals surface area (Å²) in [4.78, 5) is 16.0. The molecule has 0 aliphatic carbocycles. The molecule has 1 amide bonds. The Morgan fingerprint density at radius 3 is 2.92 bits per heavy atom. The van der Waals surface area contributed by atoms with Gasteiger partial charge in [-0.15, -0.1) is 0 Å². The van der Waals surface area contributed by atoms with Crippen molar-refractivity contribution >= 4 is 16.8 Å². The van der Waals surface area contributed by atoms with Gasteiger partial charge >= 0.3 is 0 Å². The number of carbonyl (C=O) groups is 1. The summed E-state index contributed by atoms with van der Waals surface area (Å²) in [6, 6.07) is 5.26. The van der Waals surface area contributed by atoms with Gasteiger partial charge in [0.05, 0.1) is 30.4 Å². The lowest BCUT2D eigenvalue weighted by Crippen LogP contribution is -2.16. The Balaban J connectivity index is 1.95. The van der Waals surface area contributed by atoms with E-state index in [0.717, 1.165) is 30.8 Å². The fourth-order valence-electron chi connectivity index (χ4n) is 2.74. The summed E-state index contributed by atoms with van der Waals surface area (Å²) >= 11 is 0. The molecule has 128 valence electrons. The predicted octanol–water partition coefficient (Wildman–Crippen LogP) is 2.54. The van der Waals surface area contributed by atoms with Crippen molar-refractivity contribution in [1.29, 1.82) is 0 Å². The van der Waals surface area contributed by atoms with Crippen LogP contribution >= 0.6 is 0 Å². The molecule has 1 fully saturated rings. The Labute approximate surface area is 140 Å². The van der Waals surface area contributed by atoms with Gasteiger partial charge < -0.3 is 19.9 Å². The first-order chi connectivity index (χ1) is 11.5. The molecule has 1 aliphatic heterocycles. The first-order valence-corrected chi connectivity index (χ1v) is 8.14. The van der Waals surface area contributed by atoms with E-state index in [4.69, 9.17) is 19.9 Å². The number of fused-ring (bicyclic) bond motifs is 1. The Hall–Kier alpha value is -2.34. The van der Waals surface area contributed by atoms with Crippen LogP contribution in [0.25, 0.3) is 10.9 Å². The molecule has 0 radical (unpaired) electrons. The first kappa shape index (κ1) is 16.5. The van der Waals surface area contributed by atoms with Gasteiger partial charge in [0.15, 0.2) is 0 Å². The lowest BCUT2D eigenvalue weighted by molar-refractivity contribution is 0.0994. The number of rotatable bonds is 6. The molecule has 6 heteroatoms. The highest BCUT2D eigenvalue weighted by molar-refractivity contribution is 6.01. The van der Waals surface area contributed by atoms with Crippen molar-refractivity contribution in [2.75, 3.05) is 19.8 Å². The Morgan fingerprint density at radius 2 is 2.25 bits per heavy atom. The maximum atomic E-state index is 11.7. The minimum Gasteiger partial charge on any atom is -0.492 e. The normalized spacial score (nSPS) is 17.4. The largest absolute Gasteiger partial charge is 0.492 e. The smallest absolute Gasteiger partial charge is 0.252 e. The van der Waals surface area contributed by atoms with Crippen LogP contribution in [0.3, 0.4) is 0 Å². The summed E-state index contributed by atoms with van der Waals surface area (Å²) in [7, 11) is 0. The van der Waals surface area contributed by atoms with Crippen LogP contribution in [0.4, 0.5) is 0 Å². The van der Waals surface area contributed by atoms with Crippen molar-refractivity contribution in [3.63, 3.8) is 0 Å². The maximum Gasteiger partial charge on any atom is 0.252 e. The average Bonchev–Trinajstić information content (AvgIpc) is 3.05. The van der Waals surface area contributed by atoms with Crippen molar-refractivity contribution in [2.45, 2.75) is 26.4 Å². The van der Waals surface area contributed by atoms with E-state index in [2.05, 4.69) is 4.98 Å². The summed E-state index contributed by atoms with van der Waals surface area (Å²) in [6.45, 7) is 5.92. The van der Waals surface area contributed by atoms with E-state index in [9.17, 15) is 4.79 Å². The van der Waals surface area contributed by atoms with E-state index in [1.165, 1.54) is 0 Å². The molecule has 3 rings (SSSR count). The molecule has 1 atom stereocenters. The Bertz CT molecular complexity index is 739. The van der Waals surface area contributed by atoms with Crippen molar-refractivity contribution in [1.82, 2.24) is 4.98 Å². The third-order valence-corrected chi connectivity index (χ3v) is 3.93. The molecule has 2 aromatic rings. The molecular weight excluding hydrogens is 308 g/mol. The zero-order chi connectivity index (χ0) is 17.1. The van der Waals surface area contributed by atoms with Gasteiger partial charge in [0.25, 0.3) is 5.91 Å². The van der Waals surface area contributed by atoms with Gasteiger partial charge in [-0.3, -0.25) is 9.78 Å². The van der Waals surface area contributed by atoms with Gasteiger partial charge in [0.2, 0.25) is 0 Å². The number of aromatic nitrogens is 1. The summed E-state index contributed by atoms with van der Waals surface area (Å²) < 4.78 is 17.1. The fraction of sp³-hybridized carbons (Fsp3) is 0.444. The number of amides is 1. The summed E-state index contributed by atoms with van der Waals surface area (Å²) in [5, 5.41) is 0.803. The highest BCUT2D eigenvalue weighted by atomic mass is 16.5. The van der Waals surface area contributed by atoms with Gasteiger partial charge in [0.1, 0.15) is 11.5 Å². The van der Waals surface area contributed by atoms with Crippen molar-refractivity contribution < 1.29 is 19.0 Å². The minimum absolute atomic E-state index is 0.0720. The number of hydrogen-bond acceptors (Lipinski definition) is 5. The van der Waals surface area contributed by atoms with Crippen LogP contribution in [-0.2, 0) is 4.74 Å². The molecule has 0 saturated carbocycles. The Kier molecular flexibility index (Phi) is 4.85. The quantitative estimate of drug-likeness (QED) is 0.880. The second kappa shape index (κ2) is 7.05. The number of carbonyl (C=O) groups excluding carboxylic acids is 1. The number of nitrogens with zero attached hydrogens (tertiary/aromatic N) is 1. The van der Waals surface area contributed by atoms with Gasteiger partial charge in [-0.2, -0.15) is 0 Å². The maximum absolute atomic E-state index is 11.7. The molecule has 1 unspecified atom stereocenters. The van der Waals surface area contributed by atoms with Crippen LogP contribution in [0.15, 0.2) is 24.4 Å². The topological polar surface area (TPSA) is 83.7 Å². The molecule has 1 aromatic heterocycles. The SMILES string of the molecule is CC(C)Oc1cc2c(OCC3CCOC3)ccnc2cc1C(N)=O. The molecule has 2 heterocycles. The number of ether oxygens (including phenoxy) is 3. The number of benzene rings is 1. The van der Waals surface area contributed by atoms with E-state index in [1.54, 1.807) is 18.3 Å². The van der Waals surface area contributed by atoms with E-state index in [1.807, 2.05) is 19.9 Å². The van der Waals surface area contributed by atoms with Crippen molar-refractivity contribution in [3.8, 4) is 11.5 Å². The molecule has 2 N–H and O–H groups in total. The first-order valence-electron chi connectivity index (χ1n) is 8.14. The van der Waals surface area contributed by atoms with Crippen molar-refractivity contribution in [2.24, 2.45) is 11.7 Å². The second-order valence-electron chi connectivity index (χ2n) is 6.25. The lowest BCUT2D eigenvalue weighted by atomic mass is 10.1. The third kappa shape index (κ3) is 3.59. The van der Waals surface area contributed by atoms with Crippen LogP contribution in [0.1, 0.15) is 30.6 Å². The third-order valence-electron chi connectivity index (χ3n) is 3.93. The monoisotopic (exact) mass is 330 g/mol. The van der Waals surface area contributed by atoms with Crippen LogP contribution < -0.4 is 15.2 Å². The number of primary amides is 1. The van der Waals surface area contributed by atoms with Gasteiger partial charge in [0, 0.05) is 24.1 Å². The van der Waals surface area contributed by atoms with E-state index in [-0.39, 0.29) is 6.10 Å². The number of pyridine rings is 1. The number of nitrogens with two attached hydrogens (primary N) is 1. The fourth-order valence-corrected chi connectivity index (χ4v) is 2.74. The number of hydrogen-bond donors (Lipinski definition) is 1. The molecular formula is C18H22N2O4. The molecule has 6 nitrogen and oxygen atoms in total. The summed E-state index contributed by atoms with van der Waals surface area (Å²) in [6.07, 6.45) is 2.60. The van der Waals surface area contributed by atoms with E-state index < -0.39 is 5.91 Å². The minimum atomic E-state index is -0.538. The van der Waals surface area contributed by atoms with Gasteiger partial charge in [-0.1, -0.05) is 0 Å². The zero-order valence-corrected chi connectivity index (χ0v) is 14.0. The predicted molar refractivity (Wildman–Crippen MR) is 90.4 cm³/mol. The zero-order valence-electron chi connectivity index (χ0n) is 14.0. The van der Waals surface area contributed by atoms with Crippen LogP contribution in [-0.4, -0.2) is 36.8 Å². The molecule has 1 saturated heterocycles. The summed E-state index contributed by atoms with van der Waals surface area (Å²) in [5.41, 5.74) is 6.45. The lowest BCUT2D eigenvalue weighted by Gasteiger charge is -2.16. The highest BCUT2D eigenvalue weighted by Gasteiger charge is 2.18. The molecule has 0 bridgehead atoms. The molecule has 0 spiro atoms. The second-order valence-corrected chi connectivity index (χ2v) is 6.25. The molecule has 24 heavy (non-hydrogen) atoms. The standard InChI is InChI=1S/C18H22N2O4/c1-11(2)24-17-8-13-15(7-14(17)18(19)21)20-5-3-16(13)23-10-12-4-6-22-9-12/h3,5,7-8,11-12H,4,6,9-10H2,1-2H3,(H2,19,21). The van der Waals surface area contributed by atoms with Gasteiger partial charge in [-0.25, -0.2) is 0 Å². The van der Waals surface area contributed by atoms with Crippen LogP contribution in [0.5, 0.6) is 11.5 Å². The average molecular weight is 330 g/mol. The van der Waals surface area contributed by atoms with Crippen LogP contribution in [0.2, 0.25) is 0 Å². The van der Waals surface area contributed by atoms with E-state index >= 15 is 0 Å². The highest BCUT2D eigenvalue weighted by Crippen LogP contribution is 2.32. The van der Waals surface area contributed by atoms with E-state index in [0.29, 0.717) is 29.4 Å². The Morgan fingerprint density at radius 1 is 1.42 bits per heavy atom. The van der Waals surface area contributed by atoms with Crippen LogP contribution in [0, 0.1) is 5.92 Å². The van der Waals surface area contributed by atoms with Gasteiger partial charge in [-0.05, 0) is 38.5 Å².